The summed E-state index contributed by atoms with van der Waals surface area (Å²) in [6.45, 7) is 0. The predicted octanol–water partition coefficient (Wildman–Crippen LogP) is 0.926. The Kier molecular flexibility index (Phi) is 4.74. The summed E-state index contributed by atoms with van der Waals surface area (Å²) in [4.78, 5) is 23.1. The van der Waals surface area contributed by atoms with Gasteiger partial charge in [-0.2, -0.15) is 0 Å². The van der Waals surface area contributed by atoms with Crippen LogP contribution in [0, 0.1) is 5.92 Å². The standard InChI is InChI=1S/C15H20N2O3/c16-12(11-6-7-11)9-14(18)17-13(15(19)20)8-10-4-2-1-3-5-10/h1-5,11-13H,6-9,16H2,(H,17,18)(H,19,20)/t12?,13-/m1/s1. The van der Waals surface area contributed by atoms with Gasteiger partial charge in [0, 0.05) is 18.9 Å². The lowest BCUT2D eigenvalue weighted by molar-refractivity contribution is -0.141. The Morgan fingerprint density at radius 2 is 1.95 bits per heavy atom. The fourth-order valence-corrected chi connectivity index (χ4v) is 2.21. The number of carboxylic acid groups (broad SMARTS) is 1. The highest BCUT2D eigenvalue weighted by Crippen LogP contribution is 2.32. The van der Waals surface area contributed by atoms with E-state index in [2.05, 4.69) is 5.32 Å². The van der Waals surface area contributed by atoms with E-state index < -0.39 is 12.0 Å². The van der Waals surface area contributed by atoms with Crippen LogP contribution in [0.3, 0.4) is 0 Å². The molecule has 1 aliphatic rings. The quantitative estimate of drug-likeness (QED) is 0.690. The summed E-state index contributed by atoms with van der Waals surface area (Å²) in [7, 11) is 0. The van der Waals surface area contributed by atoms with Crippen molar-refractivity contribution < 1.29 is 14.7 Å². The van der Waals surface area contributed by atoms with Crippen LogP contribution in [0.5, 0.6) is 0 Å². The third kappa shape index (κ3) is 4.35. The first-order chi connectivity index (χ1) is 9.56. The highest BCUT2D eigenvalue weighted by atomic mass is 16.4. The summed E-state index contributed by atoms with van der Waals surface area (Å²) in [6, 6.07) is 8.19. The molecule has 108 valence electrons. The Bertz CT molecular complexity index is 471. The smallest absolute Gasteiger partial charge is 0.326 e. The monoisotopic (exact) mass is 276 g/mol. The molecule has 1 aromatic carbocycles. The molecule has 1 unspecified atom stereocenters. The number of carbonyl (C=O) groups excluding carboxylic acids is 1. The number of carbonyl (C=O) groups is 2. The minimum atomic E-state index is -1.03. The second-order valence-corrected chi connectivity index (χ2v) is 5.35. The molecule has 0 spiro atoms. The summed E-state index contributed by atoms with van der Waals surface area (Å²) < 4.78 is 0. The molecule has 20 heavy (non-hydrogen) atoms. The van der Waals surface area contributed by atoms with Gasteiger partial charge in [-0.15, -0.1) is 0 Å². The van der Waals surface area contributed by atoms with E-state index >= 15 is 0 Å². The molecule has 1 aliphatic carbocycles. The number of hydrogen-bond donors (Lipinski definition) is 3. The average Bonchev–Trinajstić information content (AvgIpc) is 3.23. The number of nitrogens with two attached hydrogens (primary N) is 1. The molecule has 0 saturated heterocycles. The van der Waals surface area contributed by atoms with Crippen molar-refractivity contribution in [3.63, 3.8) is 0 Å². The van der Waals surface area contributed by atoms with Gasteiger partial charge in [-0.05, 0) is 24.3 Å². The Balaban J connectivity index is 1.88. The van der Waals surface area contributed by atoms with Gasteiger partial charge in [0.05, 0.1) is 0 Å². The number of rotatable bonds is 7. The normalized spacial score (nSPS) is 17.2. The van der Waals surface area contributed by atoms with Crippen LogP contribution in [-0.2, 0) is 16.0 Å². The SMILES string of the molecule is NC(CC(=O)N[C@H](Cc1ccccc1)C(=O)O)C1CC1. The maximum absolute atomic E-state index is 11.8. The van der Waals surface area contributed by atoms with Crippen LogP contribution in [0.1, 0.15) is 24.8 Å². The second kappa shape index (κ2) is 6.52. The molecule has 0 bridgehead atoms. The first kappa shape index (κ1) is 14.5. The van der Waals surface area contributed by atoms with Crippen molar-refractivity contribution in [3.05, 3.63) is 35.9 Å². The molecular formula is C15H20N2O3. The Morgan fingerprint density at radius 3 is 2.50 bits per heavy atom. The largest absolute Gasteiger partial charge is 0.480 e. The fourth-order valence-electron chi connectivity index (χ4n) is 2.21. The molecular weight excluding hydrogens is 256 g/mol. The van der Waals surface area contributed by atoms with Crippen molar-refractivity contribution >= 4 is 11.9 Å². The Labute approximate surface area is 118 Å². The zero-order valence-electron chi connectivity index (χ0n) is 11.3. The van der Waals surface area contributed by atoms with Gasteiger partial charge in [0.25, 0.3) is 0 Å². The van der Waals surface area contributed by atoms with E-state index in [0.29, 0.717) is 5.92 Å². The molecule has 2 atom stereocenters. The van der Waals surface area contributed by atoms with Crippen LogP contribution in [-0.4, -0.2) is 29.1 Å². The molecule has 1 saturated carbocycles. The molecule has 5 nitrogen and oxygen atoms in total. The van der Waals surface area contributed by atoms with E-state index in [4.69, 9.17) is 5.73 Å². The molecule has 0 aromatic heterocycles. The number of benzene rings is 1. The summed E-state index contributed by atoms with van der Waals surface area (Å²) in [5, 5.41) is 11.8. The van der Waals surface area contributed by atoms with Crippen LogP contribution < -0.4 is 11.1 Å². The van der Waals surface area contributed by atoms with Gasteiger partial charge in [0.1, 0.15) is 6.04 Å². The van der Waals surface area contributed by atoms with Gasteiger partial charge < -0.3 is 16.2 Å². The van der Waals surface area contributed by atoms with Crippen molar-refractivity contribution in [2.75, 3.05) is 0 Å². The van der Waals surface area contributed by atoms with E-state index in [0.717, 1.165) is 18.4 Å². The van der Waals surface area contributed by atoms with Crippen molar-refractivity contribution in [1.29, 1.82) is 0 Å². The first-order valence-electron chi connectivity index (χ1n) is 6.88. The maximum Gasteiger partial charge on any atom is 0.326 e. The van der Waals surface area contributed by atoms with Crippen molar-refractivity contribution in [3.8, 4) is 0 Å². The Hall–Kier alpha value is -1.88. The molecule has 1 aromatic rings. The van der Waals surface area contributed by atoms with E-state index in [9.17, 15) is 14.7 Å². The lowest BCUT2D eigenvalue weighted by Crippen LogP contribution is -2.44. The molecule has 4 N–H and O–H groups in total. The molecule has 0 aliphatic heterocycles. The van der Waals surface area contributed by atoms with Crippen molar-refractivity contribution in [2.24, 2.45) is 11.7 Å². The van der Waals surface area contributed by atoms with Crippen molar-refractivity contribution in [2.45, 2.75) is 37.8 Å². The molecule has 1 fully saturated rings. The second-order valence-electron chi connectivity index (χ2n) is 5.35. The third-order valence-corrected chi connectivity index (χ3v) is 3.56. The van der Waals surface area contributed by atoms with Crippen LogP contribution >= 0.6 is 0 Å². The van der Waals surface area contributed by atoms with Gasteiger partial charge in [-0.1, -0.05) is 30.3 Å². The lowest BCUT2D eigenvalue weighted by Gasteiger charge is -2.16. The number of carboxylic acids is 1. The molecule has 1 amide bonds. The van der Waals surface area contributed by atoms with Crippen LogP contribution in [0.2, 0.25) is 0 Å². The topological polar surface area (TPSA) is 92.4 Å². The van der Waals surface area contributed by atoms with Crippen molar-refractivity contribution in [1.82, 2.24) is 5.32 Å². The van der Waals surface area contributed by atoms with Gasteiger partial charge in [0.15, 0.2) is 0 Å². The molecule has 5 heteroatoms. The number of amides is 1. The summed E-state index contributed by atoms with van der Waals surface area (Å²) in [6.07, 6.45) is 2.62. The van der Waals surface area contributed by atoms with E-state index in [1.54, 1.807) is 0 Å². The minimum Gasteiger partial charge on any atom is -0.480 e. The van der Waals surface area contributed by atoms with Crippen LogP contribution in [0.4, 0.5) is 0 Å². The summed E-state index contributed by atoms with van der Waals surface area (Å²) in [5.41, 5.74) is 6.76. The third-order valence-electron chi connectivity index (χ3n) is 3.56. The molecule has 2 rings (SSSR count). The number of nitrogens with one attached hydrogen (secondary N) is 1. The highest BCUT2D eigenvalue weighted by Gasteiger charge is 2.30. The molecule has 0 radical (unpaired) electrons. The van der Waals surface area contributed by atoms with Crippen LogP contribution in [0.15, 0.2) is 30.3 Å². The Morgan fingerprint density at radius 1 is 1.30 bits per heavy atom. The van der Waals surface area contributed by atoms with Gasteiger partial charge in [-0.25, -0.2) is 4.79 Å². The zero-order valence-corrected chi connectivity index (χ0v) is 11.3. The molecule has 0 heterocycles. The summed E-state index contributed by atoms with van der Waals surface area (Å²) >= 11 is 0. The van der Waals surface area contributed by atoms with E-state index in [1.807, 2.05) is 30.3 Å². The number of hydrogen-bond acceptors (Lipinski definition) is 3. The first-order valence-corrected chi connectivity index (χ1v) is 6.88. The van der Waals surface area contributed by atoms with Crippen LogP contribution in [0.25, 0.3) is 0 Å². The van der Waals surface area contributed by atoms with Gasteiger partial charge in [-0.3, -0.25) is 4.79 Å². The minimum absolute atomic E-state index is 0.152. The average molecular weight is 276 g/mol. The summed E-state index contributed by atoms with van der Waals surface area (Å²) in [5.74, 6) is -0.881. The van der Waals surface area contributed by atoms with Gasteiger partial charge >= 0.3 is 5.97 Å². The number of aliphatic carboxylic acids is 1. The zero-order chi connectivity index (χ0) is 14.5. The predicted molar refractivity (Wildman–Crippen MR) is 75.0 cm³/mol. The maximum atomic E-state index is 11.8. The van der Waals surface area contributed by atoms with E-state index in [1.165, 1.54) is 0 Å². The van der Waals surface area contributed by atoms with Gasteiger partial charge in [0.2, 0.25) is 5.91 Å². The lowest BCUT2D eigenvalue weighted by atomic mass is 10.0. The highest BCUT2D eigenvalue weighted by molar-refractivity contribution is 5.84. The fraction of sp³-hybridized carbons (Fsp3) is 0.467. The van der Waals surface area contributed by atoms with E-state index in [-0.39, 0.29) is 24.8 Å².